The van der Waals surface area contributed by atoms with Crippen LogP contribution in [-0.4, -0.2) is 52.4 Å². The summed E-state index contributed by atoms with van der Waals surface area (Å²) in [4.78, 5) is 41.0. The van der Waals surface area contributed by atoms with Crippen LogP contribution in [0.5, 0.6) is 0 Å². The van der Waals surface area contributed by atoms with Gasteiger partial charge in [0.1, 0.15) is 23.4 Å². The highest BCUT2D eigenvalue weighted by Gasteiger charge is 2.88. The molecule has 6 aliphatic rings. The van der Waals surface area contributed by atoms with E-state index in [1.807, 2.05) is 13.8 Å². The Morgan fingerprint density at radius 3 is 2.45 bits per heavy atom. The Morgan fingerprint density at radius 1 is 1.16 bits per heavy atom. The van der Waals surface area contributed by atoms with Crippen molar-refractivity contribution >= 4 is 17.5 Å². The number of halogens is 3. The van der Waals surface area contributed by atoms with Crippen LogP contribution in [0, 0.1) is 34.0 Å². The molecule has 7 nitrogen and oxygen atoms in total. The lowest BCUT2D eigenvalue weighted by atomic mass is 9.36. The fraction of sp³-hybridized carbons (Fsp3) is 0.607. The first-order valence-corrected chi connectivity index (χ1v) is 12.8. The molecule has 2 saturated heterocycles. The van der Waals surface area contributed by atoms with Crippen LogP contribution in [0.4, 0.5) is 13.2 Å². The van der Waals surface area contributed by atoms with Crippen LogP contribution in [0.1, 0.15) is 55.5 Å². The lowest BCUT2D eigenvalue weighted by Crippen LogP contribution is -2.85. The van der Waals surface area contributed by atoms with E-state index in [4.69, 9.17) is 9.47 Å². The molecule has 4 saturated carbocycles. The van der Waals surface area contributed by atoms with Crippen molar-refractivity contribution in [2.75, 3.05) is 6.61 Å². The van der Waals surface area contributed by atoms with Crippen LogP contribution in [0.15, 0.2) is 36.4 Å². The van der Waals surface area contributed by atoms with Crippen LogP contribution < -0.4 is 0 Å². The SMILES string of the molecule is C=C1C(=O)[C@@]23C(CC[C@@H]1[C@H]2OC(=O)c1ccc(C(F)(F)F)cc1)[C@@]12COC3(O)[C@@H](O)[C@@H]1C(C)(C)CCC2=O. The first kappa shape index (κ1) is 25.7. The molecule has 6 fully saturated rings. The molecule has 0 amide bonds. The number of alkyl halides is 3. The van der Waals surface area contributed by atoms with Crippen molar-refractivity contribution in [3.63, 3.8) is 0 Å². The summed E-state index contributed by atoms with van der Waals surface area (Å²) >= 11 is 0. The molecule has 0 aromatic heterocycles. The number of aliphatic hydroxyl groups excluding tert-OH is 1. The summed E-state index contributed by atoms with van der Waals surface area (Å²) in [5.41, 5.74) is -4.77. The van der Waals surface area contributed by atoms with Gasteiger partial charge in [-0.15, -0.1) is 0 Å². The molecule has 1 aromatic rings. The van der Waals surface area contributed by atoms with Gasteiger partial charge in [0.05, 0.1) is 23.1 Å². The van der Waals surface area contributed by atoms with Crippen LogP contribution in [-0.2, 0) is 25.2 Å². The van der Waals surface area contributed by atoms with Crippen LogP contribution in [0.25, 0.3) is 0 Å². The molecule has 2 spiro atoms. The summed E-state index contributed by atoms with van der Waals surface area (Å²) in [6, 6.07) is 3.48. The van der Waals surface area contributed by atoms with Gasteiger partial charge in [-0.3, -0.25) is 9.59 Å². The van der Waals surface area contributed by atoms with E-state index in [9.17, 15) is 37.8 Å². The van der Waals surface area contributed by atoms with Gasteiger partial charge in [0.25, 0.3) is 0 Å². The molecule has 38 heavy (non-hydrogen) atoms. The van der Waals surface area contributed by atoms with Gasteiger partial charge >= 0.3 is 12.1 Å². The van der Waals surface area contributed by atoms with Gasteiger partial charge in [0.2, 0.25) is 5.79 Å². The molecular weight excluding hydrogens is 505 g/mol. The summed E-state index contributed by atoms with van der Waals surface area (Å²) < 4.78 is 50.8. The molecule has 204 valence electrons. The van der Waals surface area contributed by atoms with E-state index in [0.29, 0.717) is 19.3 Å². The molecular formula is C28H29F3O7. The lowest BCUT2D eigenvalue weighted by molar-refractivity contribution is -0.436. The van der Waals surface area contributed by atoms with E-state index >= 15 is 0 Å². The number of benzene rings is 1. The fourth-order valence-electron chi connectivity index (χ4n) is 8.74. The number of carbonyl (C=O) groups is 3. The minimum absolute atomic E-state index is 0.116. The third-order valence-corrected chi connectivity index (χ3v) is 10.3. The maximum Gasteiger partial charge on any atom is 0.416 e. The zero-order valence-corrected chi connectivity index (χ0v) is 21.0. The van der Waals surface area contributed by atoms with Gasteiger partial charge in [-0.2, -0.15) is 13.2 Å². The zero-order valence-electron chi connectivity index (χ0n) is 21.0. The molecule has 2 unspecified atom stereocenters. The Balaban J connectivity index is 1.47. The first-order valence-electron chi connectivity index (χ1n) is 12.8. The molecule has 2 aliphatic heterocycles. The summed E-state index contributed by atoms with van der Waals surface area (Å²) in [5.74, 6) is -6.34. The number of hydrogen-bond donors (Lipinski definition) is 2. The maximum absolute atomic E-state index is 14.0. The van der Waals surface area contributed by atoms with E-state index in [0.717, 1.165) is 24.3 Å². The monoisotopic (exact) mass is 534 g/mol. The van der Waals surface area contributed by atoms with E-state index in [1.165, 1.54) is 0 Å². The average Bonchev–Trinajstić information content (AvgIpc) is 2.97. The molecule has 2 N–H and O–H groups in total. The number of ether oxygens (including phenoxy) is 2. The third-order valence-electron chi connectivity index (χ3n) is 10.3. The van der Waals surface area contributed by atoms with Gasteiger partial charge in [-0.05, 0) is 60.4 Å². The Labute approximate surface area is 217 Å². The number of hydrogen-bond acceptors (Lipinski definition) is 7. The minimum Gasteiger partial charge on any atom is -0.457 e. The largest absolute Gasteiger partial charge is 0.457 e. The number of esters is 1. The number of carbonyl (C=O) groups excluding carboxylic acids is 3. The van der Waals surface area contributed by atoms with E-state index < -0.39 is 75.5 Å². The normalized spacial score (nSPS) is 43.0. The Morgan fingerprint density at radius 2 is 1.82 bits per heavy atom. The third kappa shape index (κ3) is 2.78. The van der Waals surface area contributed by atoms with Crippen LogP contribution in [0.3, 0.4) is 0 Å². The van der Waals surface area contributed by atoms with E-state index in [1.54, 1.807) is 0 Å². The number of aliphatic hydroxyl groups is 2. The predicted molar refractivity (Wildman–Crippen MR) is 124 cm³/mol. The summed E-state index contributed by atoms with van der Waals surface area (Å²) in [7, 11) is 0. The zero-order chi connectivity index (χ0) is 27.6. The topological polar surface area (TPSA) is 110 Å². The number of fused-ring (bicyclic) bond motifs is 2. The molecule has 10 heteroatoms. The van der Waals surface area contributed by atoms with Gasteiger partial charge in [0, 0.05) is 18.3 Å². The van der Waals surface area contributed by atoms with Crippen molar-refractivity contribution in [3.8, 4) is 0 Å². The summed E-state index contributed by atoms with van der Waals surface area (Å²) in [6.07, 6.45) is -6.08. The number of ketones is 2. The van der Waals surface area contributed by atoms with Crippen molar-refractivity contribution in [1.29, 1.82) is 0 Å². The molecule has 4 aliphatic carbocycles. The number of Topliss-reactive ketones (excluding diaryl/α,β-unsaturated/α-hetero) is 2. The highest BCUT2D eigenvalue weighted by Crippen LogP contribution is 2.76. The molecule has 1 aromatic carbocycles. The van der Waals surface area contributed by atoms with Gasteiger partial charge in [-0.25, -0.2) is 4.79 Å². The van der Waals surface area contributed by atoms with Crippen LogP contribution >= 0.6 is 0 Å². The lowest BCUT2D eigenvalue weighted by Gasteiger charge is -2.72. The number of rotatable bonds is 2. The standard InChI is InChI=1S/C28H29F3O7/c1-13-16-8-9-17-25-12-37-27(36,21(34)19(25)24(2,3)11-10-18(25)32)26(17,20(13)33)22(16)38-23(35)14-4-6-15(7-5-14)28(29,30)31/h4-7,16-17,19,21-22,34,36H,1,8-12H2,2-3H3/t16-,17?,19+,21-,22+,25+,26-,27?/m0/s1. The van der Waals surface area contributed by atoms with Crippen molar-refractivity contribution in [2.45, 2.75) is 63.7 Å². The molecule has 0 radical (unpaired) electrons. The Kier molecular flexibility index (Phi) is 5.10. The predicted octanol–water partition coefficient (Wildman–Crippen LogP) is 3.47. The summed E-state index contributed by atoms with van der Waals surface area (Å²) in [5, 5.41) is 23.8. The minimum atomic E-state index is -4.59. The molecule has 7 rings (SSSR count). The van der Waals surface area contributed by atoms with Crippen molar-refractivity contribution < 1.29 is 47.2 Å². The van der Waals surface area contributed by atoms with Gasteiger partial charge in [0.15, 0.2) is 5.78 Å². The smallest absolute Gasteiger partial charge is 0.416 e. The quantitative estimate of drug-likeness (QED) is 0.442. The highest BCUT2D eigenvalue weighted by atomic mass is 19.4. The van der Waals surface area contributed by atoms with Crippen molar-refractivity contribution in [2.24, 2.45) is 34.0 Å². The average molecular weight is 535 g/mol. The van der Waals surface area contributed by atoms with Crippen LogP contribution in [0.2, 0.25) is 0 Å². The van der Waals surface area contributed by atoms with Gasteiger partial charge in [-0.1, -0.05) is 20.4 Å². The second-order valence-corrected chi connectivity index (χ2v) is 12.2. The molecule has 8 atom stereocenters. The first-order chi connectivity index (χ1) is 17.6. The Hall–Kier alpha value is -2.56. The second kappa shape index (κ2) is 7.55. The Bertz CT molecular complexity index is 1270. The molecule has 2 heterocycles. The van der Waals surface area contributed by atoms with E-state index in [-0.39, 0.29) is 29.9 Å². The van der Waals surface area contributed by atoms with Gasteiger partial charge < -0.3 is 19.7 Å². The van der Waals surface area contributed by atoms with Crippen molar-refractivity contribution in [1.82, 2.24) is 0 Å². The molecule has 4 bridgehead atoms. The van der Waals surface area contributed by atoms with Crippen molar-refractivity contribution in [3.05, 3.63) is 47.5 Å². The fourth-order valence-corrected chi connectivity index (χ4v) is 8.74. The second-order valence-electron chi connectivity index (χ2n) is 12.2. The van der Waals surface area contributed by atoms with E-state index in [2.05, 4.69) is 6.58 Å². The summed E-state index contributed by atoms with van der Waals surface area (Å²) in [6.45, 7) is 7.61. The maximum atomic E-state index is 14.0. The highest BCUT2D eigenvalue weighted by molar-refractivity contribution is 6.06.